The lowest BCUT2D eigenvalue weighted by Gasteiger charge is -2.11. The Morgan fingerprint density at radius 1 is 1.00 bits per heavy atom. The third-order valence-corrected chi connectivity index (χ3v) is 4.01. The van der Waals surface area contributed by atoms with Gasteiger partial charge in [-0.3, -0.25) is 0 Å². The zero-order chi connectivity index (χ0) is 19.3. The maximum atomic E-state index is 5.84. The predicted molar refractivity (Wildman–Crippen MR) is 106 cm³/mol. The normalized spacial score (nSPS) is 11.7. The van der Waals surface area contributed by atoms with Crippen molar-refractivity contribution in [3.8, 4) is 11.5 Å². The first-order chi connectivity index (χ1) is 13.0. The average Bonchev–Trinajstić information content (AvgIpc) is 3.15. The van der Waals surface area contributed by atoms with Crippen LogP contribution in [0.5, 0.6) is 11.5 Å². The fourth-order valence-corrected chi connectivity index (χ4v) is 2.46. The molecule has 0 bridgehead atoms. The molecule has 5 nitrogen and oxygen atoms in total. The lowest BCUT2D eigenvalue weighted by atomic mass is 10.2. The second kappa shape index (κ2) is 8.65. The van der Waals surface area contributed by atoms with Crippen LogP contribution < -0.4 is 9.47 Å². The molecule has 0 spiro atoms. The first kappa shape index (κ1) is 19.5. The highest BCUT2D eigenvalue weighted by molar-refractivity contribution is 6.66. The molecule has 0 unspecified atom stereocenters. The molecule has 0 radical (unpaired) electrons. The van der Waals surface area contributed by atoms with Crippen LogP contribution in [0.2, 0.25) is 0 Å². The summed E-state index contributed by atoms with van der Waals surface area (Å²) in [6, 6.07) is 15.4. The van der Waals surface area contributed by atoms with Gasteiger partial charge < -0.3 is 13.9 Å². The lowest BCUT2D eigenvalue weighted by molar-refractivity contribution is 0.284. The zero-order valence-corrected chi connectivity index (χ0v) is 16.5. The van der Waals surface area contributed by atoms with E-state index >= 15 is 0 Å². The summed E-state index contributed by atoms with van der Waals surface area (Å²) in [4.78, 5) is 0. The molecule has 0 aliphatic rings. The smallest absolute Gasteiger partial charge is 0.268 e. The molecule has 0 aliphatic heterocycles. The van der Waals surface area contributed by atoms with Gasteiger partial charge in [0.1, 0.15) is 6.61 Å². The van der Waals surface area contributed by atoms with E-state index in [1.807, 2.05) is 48.5 Å². The van der Waals surface area contributed by atoms with E-state index in [0.29, 0.717) is 18.1 Å². The summed E-state index contributed by atoms with van der Waals surface area (Å²) >= 11 is 17.1. The van der Waals surface area contributed by atoms with Gasteiger partial charge in [-0.2, -0.15) is 0 Å². The van der Waals surface area contributed by atoms with Gasteiger partial charge in [-0.05, 0) is 29.3 Å². The van der Waals surface area contributed by atoms with E-state index in [0.717, 1.165) is 11.1 Å². The molecule has 2 aromatic carbocycles. The molecule has 27 heavy (non-hydrogen) atoms. The Morgan fingerprint density at radius 2 is 1.78 bits per heavy atom. The van der Waals surface area contributed by atoms with Crippen molar-refractivity contribution in [2.24, 2.45) is 0 Å². The molecule has 8 heteroatoms. The summed E-state index contributed by atoms with van der Waals surface area (Å²) < 4.78 is 14.8. The number of hydrogen-bond donors (Lipinski definition) is 0. The standard InChI is InChI=1S/C19H15Cl3N2O3/c1-25-16-11-13(8-10-17-23-24-18(27-17)19(20,21)22)7-9-15(16)26-12-14-5-3-2-4-6-14/h2-11H,12H2,1H3. The van der Waals surface area contributed by atoms with Crippen LogP contribution in [0.1, 0.15) is 22.9 Å². The number of hydrogen-bond acceptors (Lipinski definition) is 5. The van der Waals surface area contributed by atoms with Gasteiger partial charge in [0.25, 0.3) is 9.68 Å². The summed E-state index contributed by atoms with van der Waals surface area (Å²) in [5.41, 5.74) is 1.93. The molecule has 140 valence electrons. The Labute approximate surface area is 171 Å². The van der Waals surface area contributed by atoms with Crippen molar-refractivity contribution < 1.29 is 13.9 Å². The largest absolute Gasteiger partial charge is 0.493 e. The second-order valence-electron chi connectivity index (χ2n) is 5.46. The molecule has 0 atom stereocenters. The van der Waals surface area contributed by atoms with Crippen molar-refractivity contribution in [2.45, 2.75) is 10.4 Å². The lowest BCUT2D eigenvalue weighted by Crippen LogP contribution is -1.99. The quantitative estimate of drug-likeness (QED) is 0.477. The van der Waals surface area contributed by atoms with Crippen molar-refractivity contribution in [2.75, 3.05) is 7.11 Å². The fraction of sp³-hybridized carbons (Fsp3) is 0.158. The van der Waals surface area contributed by atoms with Crippen LogP contribution in [0.25, 0.3) is 12.2 Å². The molecule has 1 aromatic heterocycles. The zero-order valence-electron chi connectivity index (χ0n) is 14.2. The van der Waals surface area contributed by atoms with Gasteiger partial charge in [0.15, 0.2) is 11.5 Å². The summed E-state index contributed by atoms with van der Waals surface area (Å²) in [5, 5.41) is 7.50. The van der Waals surface area contributed by atoms with Gasteiger partial charge in [-0.15, -0.1) is 10.2 Å². The minimum Gasteiger partial charge on any atom is -0.493 e. The Morgan fingerprint density at radius 3 is 2.44 bits per heavy atom. The van der Waals surface area contributed by atoms with E-state index < -0.39 is 3.79 Å². The Bertz CT molecular complexity index is 921. The van der Waals surface area contributed by atoms with Crippen molar-refractivity contribution in [3.63, 3.8) is 0 Å². The number of rotatable bonds is 6. The van der Waals surface area contributed by atoms with Crippen LogP contribution >= 0.6 is 34.8 Å². The van der Waals surface area contributed by atoms with E-state index in [-0.39, 0.29) is 11.8 Å². The molecule has 0 aliphatic carbocycles. The van der Waals surface area contributed by atoms with Gasteiger partial charge in [0, 0.05) is 6.08 Å². The molecule has 0 saturated carbocycles. The monoisotopic (exact) mass is 424 g/mol. The van der Waals surface area contributed by atoms with E-state index in [1.54, 1.807) is 19.3 Å². The van der Waals surface area contributed by atoms with Crippen molar-refractivity contribution in [1.29, 1.82) is 0 Å². The minimum atomic E-state index is -1.75. The molecule has 1 heterocycles. The third kappa shape index (κ3) is 5.39. The number of ether oxygens (including phenoxy) is 2. The Kier molecular flexibility index (Phi) is 6.26. The van der Waals surface area contributed by atoms with Gasteiger partial charge in [-0.1, -0.05) is 71.2 Å². The molecular weight excluding hydrogens is 411 g/mol. The van der Waals surface area contributed by atoms with E-state index in [2.05, 4.69) is 10.2 Å². The van der Waals surface area contributed by atoms with Crippen molar-refractivity contribution in [3.05, 3.63) is 71.4 Å². The van der Waals surface area contributed by atoms with Crippen LogP contribution in [-0.4, -0.2) is 17.3 Å². The summed E-state index contributed by atoms with van der Waals surface area (Å²) in [6.45, 7) is 0.453. The molecule has 0 fully saturated rings. The van der Waals surface area contributed by atoms with E-state index in [1.165, 1.54) is 0 Å². The van der Waals surface area contributed by atoms with Crippen LogP contribution in [0.3, 0.4) is 0 Å². The molecule has 0 amide bonds. The van der Waals surface area contributed by atoms with E-state index in [4.69, 9.17) is 48.7 Å². The summed E-state index contributed by atoms with van der Waals surface area (Å²) in [7, 11) is 1.59. The van der Waals surface area contributed by atoms with Crippen LogP contribution in [-0.2, 0) is 10.4 Å². The van der Waals surface area contributed by atoms with Gasteiger partial charge in [-0.25, -0.2) is 0 Å². The average molecular weight is 426 g/mol. The van der Waals surface area contributed by atoms with Gasteiger partial charge >= 0.3 is 0 Å². The maximum Gasteiger partial charge on any atom is 0.268 e. The summed E-state index contributed by atoms with van der Waals surface area (Å²) in [6.07, 6.45) is 3.39. The highest BCUT2D eigenvalue weighted by atomic mass is 35.6. The van der Waals surface area contributed by atoms with Crippen molar-refractivity contribution in [1.82, 2.24) is 10.2 Å². The molecule has 0 saturated heterocycles. The van der Waals surface area contributed by atoms with Gasteiger partial charge in [0.2, 0.25) is 5.89 Å². The van der Waals surface area contributed by atoms with E-state index in [9.17, 15) is 0 Å². The highest BCUT2D eigenvalue weighted by Gasteiger charge is 2.29. The molecule has 0 N–H and O–H groups in total. The minimum absolute atomic E-state index is 0.0885. The molecule has 3 aromatic rings. The first-order valence-electron chi connectivity index (χ1n) is 7.89. The van der Waals surface area contributed by atoms with Crippen LogP contribution in [0.4, 0.5) is 0 Å². The van der Waals surface area contributed by atoms with Gasteiger partial charge in [0.05, 0.1) is 7.11 Å². The molecular formula is C19H15Cl3N2O3. The molecule has 3 rings (SSSR count). The van der Waals surface area contributed by atoms with Crippen molar-refractivity contribution >= 4 is 47.0 Å². The second-order valence-corrected chi connectivity index (χ2v) is 7.74. The number of alkyl halides is 3. The summed E-state index contributed by atoms with van der Waals surface area (Å²) in [5.74, 6) is 1.39. The Balaban J connectivity index is 1.71. The maximum absolute atomic E-state index is 5.84. The number of halogens is 3. The number of aromatic nitrogens is 2. The third-order valence-electron chi connectivity index (χ3n) is 3.53. The van der Waals surface area contributed by atoms with Crippen LogP contribution in [0.15, 0.2) is 52.9 Å². The first-order valence-corrected chi connectivity index (χ1v) is 9.02. The predicted octanol–water partition coefficient (Wildman–Crippen LogP) is 5.65. The topological polar surface area (TPSA) is 57.4 Å². The number of methoxy groups -OCH3 is 1. The Hall–Kier alpha value is -2.21. The SMILES string of the molecule is COc1cc(C=Cc2nnc(C(Cl)(Cl)Cl)o2)ccc1OCc1ccccc1. The number of benzene rings is 2. The fourth-order valence-electron chi connectivity index (χ4n) is 2.23. The highest BCUT2D eigenvalue weighted by Crippen LogP contribution is 2.37. The number of nitrogens with zero attached hydrogens (tertiary/aromatic N) is 2. The van der Waals surface area contributed by atoms with Crippen LogP contribution in [0, 0.1) is 0 Å².